The van der Waals surface area contributed by atoms with E-state index in [1.165, 1.54) is 7.05 Å². The van der Waals surface area contributed by atoms with E-state index in [9.17, 15) is 9.59 Å². The Bertz CT molecular complexity index is 554. The van der Waals surface area contributed by atoms with Crippen molar-refractivity contribution in [1.82, 2.24) is 0 Å². The van der Waals surface area contributed by atoms with Crippen molar-refractivity contribution in [2.45, 2.75) is 0 Å². The molecule has 0 aliphatic carbocycles. The fourth-order valence-electron chi connectivity index (χ4n) is 1.44. The molecule has 0 amide bonds. The van der Waals surface area contributed by atoms with Crippen molar-refractivity contribution in [3.05, 3.63) is 50.1 Å². The number of rotatable bonds is 0. The number of benzene rings is 1. The van der Waals surface area contributed by atoms with Crippen LogP contribution in [0.3, 0.4) is 0 Å². The summed E-state index contributed by atoms with van der Waals surface area (Å²) in [4.78, 5) is 26.7. The standard InChI is InChI=1S/C10H7NO2/c1-11-8-9(12)6-4-2-3-5-7(6)10(8)13/h2-5H,1H3. The van der Waals surface area contributed by atoms with Crippen LogP contribution in [0.25, 0.3) is 10.8 Å². The topological polar surface area (TPSA) is 46.5 Å². The molecule has 0 atom stereocenters. The van der Waals surface area contributed by atoms with Gasteiger partial charge in [0, 0.05) is 17.8 Å². The van der Waals surface area contributed by atoms with Crippen molar-refractivity contribution in [2.75, 3.05) is 7.05 Å². The van der Waals surface area contributed by atoms with Crippen molar-refractivity contribution < 1.29 is 0 Å². The summed E-state index contributed by atoms with van der Waals surface area (Å²) in [6.45, 7) is 0. The first-order valence-electron chi connectivity index (χ1n) is 3.91. The minimum atomic E-state index is -0.261. The zero-order valence-electron chi connectivity index (χ0n) is 7.07. The SMILES string of the molecule is CN=c1c(=O)c2ccccc2c1=O. The minimum Gasteiger partial charge on any atom is -0.287 e. The van der Waals surface area contributed by atoms with Gasteiger partial charge in [-0.1, -0.05) is 24.3 Å². The summed E-state index contributed by atoms with van der Waals surface area (Å²) in [6.07, 6.45) is 0. The molecule has 0 aliphatic rings. The Hall–Kier alpha value is -1.77. The van der Waals surface area contributed by atoms with Gasteiger partial charge in [0.15, 0.2) is 5.36 Å². The highest BCUT2D eigenvalue weighted by molar-refractivity contribution is 5.83. The van der Waals surface area contributed by atoms with Crippen LogP contribution in [0.2, 0.25) is 0 Å². The maximum absolute atomic E-state index is 11.5. The van der Waals surface area contributed by atoms with Crippen LogP contribution in [0, 0.1) is 0 Å². The summed E-state index contributed by atoms with van der Waals surface area (Å²) in [7, 11) is 1.46. The molecule has 0 N–H and O–H groups in total. The molecule has 3 heteroatoms. The van der Waals surface area contributed by atoms with E-state index in [-0.39, 0.29) is 16.2 Å². The number of fused-ring (bicyclic) bond motifs is 1. The Morgan fingerprint density at radius 1 is 1.00 bits per heavy atom. The first kappa shape index (κ1) is 7.86. The smallest absolute Gasteiger partial charge is 0.215 e. The van der Waals surface area contributed by atoms with E-state index in [4.69, 9.17) is 0 Å². The van der Waals surface area contributed by atoms with E-state index in [1.54, 1.807) is 24.3 Å². The van der Waals surface area contributed by atoms with Crippen molar-refractivity contribution in [3.63, 3.8) is 0 Å². The summed E-state index contributed by atoms with van der Waals surface area (Å²) in [5, 5.41) is 0.974. The molecule has 0 radical (unpaired) electrons. The Morgan fingerprint density at radius 3 is 1.85 bits per heavy atom. The third kappa shape index (κ3) is 0.935. The van der Waals surface area contributed by atoms with Crippen LogP contribution in [0.4, 0.5) is 0 Å². The predicted octanol–water partition coefficient (Wildman–Crippen LogP) is -0.0337. The molecular weight excluding hydrogens is 166 g/mol. The average Bonchev–Trinajstić information content (AvgIpc) is 2.41. The van der Waals surface area contributed by atoms with E-state index in [1.807, 2.05) is 0 Å². The lowest BCUT2D eigenvalue weighted by molar-refractivity contribution is 1.25. The summed E-state index contributed by atoms with van der Waals surface area (Å²) >= 11 is 0. The van der Waals surface area contributed by atoms with Gasteiger partial charge in [0.05, 0.1) is 0 Å². The average molecular weight is 173 g/mol. The summed E-state index contributed by atoms with van der Waals surface area (Å²) < 4.78 is 0. The number of hydrogen-bond acceptors (Lipinski definition) is 3. The molecule has 64 valence electrons. The molecule has 2 rings (SSSR count). The summed E-state index contributed by atoms with van der Waals surface area (Å²) in [5.74, 6) is 0. The van der Waals surface area contributed by atoms with Gasteiger partial charge in [0.1, 0.15) is 0 Å². The normalized spacial score (nSPS) is 10.5. The Labute approximate surface area is 73.7 Å². The zero-order chi connectivity index (χ0) is 9.42. The highest BCUT2D eigenvalue weighted by atomic mass is 16.1. The largest absolute Gasteiger partial charge is 0.287 e. The van der Waals surface area contributed by atoms with E-state index < -0.39 is 0 Å². The van der Waals surface area contributed by atoms with Crippen LogP contribution in [0.15, 0.2) is 38.8 Å². The first-order valence-corrected chi connectivity index (χ1v) is 3.91. The molecule has 0 fully saturated rings. The van der Waals surface area contributed by atoms with Crippen LogP contribution < -0.4 is 16.2 Å². The minimum absolute atomic E-state index is 0.0428. The lowest BCUT2D eigenvalue weighted by Crippen LogP contribution is -2.31. The van der Waals surface area contributed by atoms with Crippen LogP contribution in [0.1, 0.15) is 0 Å². The number of nitrogens with zero attached hydrogens (tertiary/aromatic N) is 1. The van der Waals surface area contributed by atoms with E-state index >= 15 is 0 Å². The molecule has 0 aliphatic heterocycles. The van der Waals surface area contributed by atoms with Crippen LogP contribution >= 0.6 is 0 Å². The monoisotopic (exact) mass is 173 g/mol. The maximum Gasteiger partial charge on any atom is 0.215 e. The lowest BCUT2D eigenvalue weighted by atomic mass is 10.2. The van der Waals surface area contributed by atoms with Gasteiger partial charge in [0.25, 0.3) is 0 Å². The van der Waals surface area contributed by atoms with Gasteiger partial charge in [-0.15, -0.1) is 0 Å². The second-order valence-electron chi connectivity index (χ2n) is 2.78. The highest BCUT2D eigenvalue weighted by Gasteiger charge is 2.07. The highest BCUT2D eigenvalue weighted by Crippen LogP contribution is 2.01. The first-order chi connectivity index (χ1) is 6.25. The second-order valence-corrected chi connectivity index (χ2v) is 2.78. The third-order valence-corrected chi connectivity index (χ3v) is 2.07. The number of hydrogen-bond donors (Lipinski definition) is 0. The van der Waals surface area contributed by atoms with Crippen molar-refractivity contribution in [2.24, 2.45) is 4.99 Å². The molecule has 3 nitrogen and oxygen atoms in total. The molecule has 0 unspecified atom stereocenters. The molecule has 13 heavy (non-hydrogen) atoms. The predicted molar refractivity (Wildman–Crippen MR) is 50.3 cm³/mol. The van der Waals surface area contributed by atoms with Gasteiger partial charge < -0.3 is 0 Å². The van der Waals surface area contributed by atoms with Gasteiger partial charge in [-0.2, -0.15) is 0 Å². The molecule has 0 heterocycles. The quantitative estimate of drug-likeness (QED) is 0.561. The van der Waals surface area contributed by atoms with Gasteiger partial charge >= 0.3 is 0 Å². The zero-order valence-corrected chi connectivity index (χ0v) is 7.07. The van der Waals surface area contributed by atoms with Crippen molar-refractivity contribution in [1.29, 1.82) is 0 Å². The fraction of sp³-hybridized carbons (Fsp3) is 0.100. The van der Waals surface area contributed by atoms with Crippen LogP contribution in [0.5, 0.6) is 0 Å². The van der Waals surface area contributed by atoms with Crippen molar-refractivity contribution in [3.8, 4) is 0 Å². The van der Waals surface area contributed by atoms with Crippen molar-refractivity contribution >= 4 is 10.8 Å². The molecule has 0 aromatic heterocycles. The van der Waals surface area contributed by atoms with Gasteiger partial charge in [-0.25, -0.2) is 0 Å². The third-order valence-electron chi connectivity index (χ3n) is 2.07. The van der Waals surface area contributed by atoms with E-state index in [2.05, 4.69) is 4.99 Å². The van der Waals surface area contributed by atoms with Crippen LogP contribution in [-0.4, -0.2) is 7.05 Å². The Morgan fingerprint density at radius 2 is 1.46 bits per heavy atom. The Kier molecular flexibility index (Phi) is 1.59. The second kappa shape index (κ2) is 2.62. The van der Waals surface area contributed by atoms with E-state index in [0.717, 1.165) is 0 Å². The maximum atomic E-state index is 11.5. The fourth-order valence-corrected chi connectivity index (χ4v) is 1.44. The lowest BCUT2D eigenvalue weighted by Gasteiger charge is -1.81. The van der Waals surface area contributed by atoms with Gasteiger partial charge in [-0.3, -0.25) is 14.6 Å². The molecule has 0 saturated heterocycles. The molecule has 0 bridgehead atoms. The van der Waals surface area contributed by atoms with E-state index in [0.29, 0.717) is 10.8 Å². The Balaban J connectivity index is 3.26. The molecule has 2 aromatic carbocycles. The molecule has 0 spiro atoms. The van der Waals surface area contributed by atoms with Gasteiger partial charge in [0.2, 0.25) is 10.9 Å². The molecule has 2 aromatic rings. The van der Waals surface area contributed by atoms with Crippen LogP contribution in [-0.2, 0) is 0 Å². The molecule has 0 saturated carbocycles. The van der Waals surface area contributed by atoms with Gasteiger partial charge in [-0.05, 0) is 0 Å². The summed E-state index contributed by atoms with van der Waals surface area (Å²) in [5.41, 5.74) is -0.522. The molecular formula is C10H7NO2. The summed E-state index contributed by atoms with van der Waals surface area (Å²) in [6, 6.07) is 6.77.